The lowest BCUT2D eigenvalue weighted by Crippen LogP contribution is -2.24. The molecule has 1 aliphatic carbocycles. The third-order valence-electron chi connectivity index (χ3n) is 5.37. The largest absolute Gasteiger partial charge is 0.477 e. The Balaban J connectivity index is 1.86. The van der Waals surface area contributed by atoms with Gasteiger partial charge in [0.1, 0.15) is 18.5 Å². The lowest BCUT2D eigenvalue weighted by atomic mass is 10.1. The summed E-state index contributed by atoms with van der Waals surface area (Å²) in [6.07, 6.45) is 3.16. The number of anilines is 1. The fraction of sp³-hybridized carbons (Fsp3) is 0.421. The van der Waals surface area contributed by atoms with Gasteiger partial charge in [0, 0.05) is 36.6 Å². The molecule has 1 unspecified atom stereocenters. The third kappa shape index (κ3) is 3.01. The number of fused-ring (bicyclic) bond motifs is 1. The topological polar surface area (TPSA) is 110 Å². The van der Waals surface area contributed by atoms with Gasteiger partial charge in [-0.15, -0.1) is 0 Å². The van der Waals surface area contributed by atoms with E-state index in [1.54, 1.807) is 10.6 Å². The molecule has 0 spiro atoms. The standard InChI is InChI=1S/C19H21FN4O4/c1-28-22-15-9-23(7-10(15)6-21)17-5-16-12(4-14(17)20)18(25)13(19(26)27)8-24(16)11-2-3-11/h4-5,8,10-11H,2-3,6-7,9,21H2,1H3,(H,26,27)/b22-15-. The lowest BCUT2D eigenvalue weighted by molar-refractivity contribution is 0.0695. The molecule has 1 saturated carbocycles. The summed E-state index contributed by atoms with van der Waals surface area (Å²) in [5.74, 6) is -1.93. The maximum absolute atomic E-state index is 14.9. The number of nitrogens with zero attached hydrogens (tertiary/aromatic N) is 3. The van der Waals surface area contributed by atoms with Gasteiger partial charge >= 0.3 is 5.97 Å². The number of aromatic carboxylic acids is 1. The van der Waals surface area contributed by atoms with Gasteiger partial charge in [-0.25, -0.2) is 9.18 Å². The number of benzene rings is 1. The summed E-state index contributed by atoms with van der Waals surface area (Å²) in [5.41, 5.74) is 6.40. The van der Waals surface area contributed by atoms with E-state index in [1.165, 1.54) is 13.3 Å². The highest BCUT2D eigenvalue weighted by Crippen LogP contribution is 2.38. The van der Waals surface area contributed by atoms with Crippen LogP contribution in [0.3, 0.4) is 0 Å². The molecule has 1 aliphatic heterocycles. The monoisotopic (exact) mass is 388 g/mol. The highest BCUT2D eigenvalue weighted by atomic mass is 19.1. The zero-order valence-electron chi connectivity index (χ0n) is 15.4. The maximum atomic E-state index is 14.9. The van der Waals surface area contributed by atoms with E-state index in [0.29, 0.717) is 30.8 Å². The van der Waals surface area contributed by atoms with E-state index in [4.69, 9.17) is 10.6 Å². The molecule has 1 atom stereocenters. The van der Waals surface area contributed by atoms with Gasteiger partial charge in [-0.1, -0.05) is 5.16 Å². The molecule has 1 saturated heterocycles. The first-order valence-electron chi connectivity index (χ1n) is 9.11. The molecule has 8 nitrogen and oxygen atoms in total. The Morgan fingerprint density at radius 1 is 1.43 bits per heavy atom. The van der Waals surface area contributed by atoms with Crippen LogP contribution in [0.15, 0.2) is 28.3 Å². The van der Waals surface area contributed by atoms with Crippen molar-refractivity contribution in [2.24, 2.45) is 16.8 Å². The molecule has 4 rings (SSSR count). The van der Waals surface area contributed by atoms with Crippen molar-refractivity contribution in [3.8, 4) is 0 Å². The molecule has 9 heteroatoms. The van der Waals surface area contributed by atoms with Crippen molar-refractivity contribution in [3.05, 3.63) is 39.9 Å². The molecule has 0 radical (unpaired) electrons. The van der Waals surface area contributed by atoms with E-state index in [1.807, 2.05) is 4.90 Å². The van der Waals surface area contributed by atoms with Gasteiger partial charge in [-0.3, -0.25) is 4.79 Å². The highest BCUT2D eigenvalue weighted by molar-refractivity contribution is 5.96. The van der Waals surface area contributed by atoms with Crippen molar-refractivity contribution in [1.29, 1.82) is 0 Å². The molecular formula is C19H21FN4O4. The second-order valence-electron chi connectivity index (χ2n) is 7.21. The Kier molecular flexibility index (Phi) is 4.54. The number of pyridine rings is 1. The van der Waals surface area contributed by atoms with Crippen LogP contribution in [0, 0.1) is 11.7 Å². The lowest BCUT2D eigenvalue weighted by Gasteiger charge is -2.20. The van der Waals surface area contributed by atoms with E-state index >= 15 is 0 Å². The number of nitrogens with two attached hydrogens (primary N) is 1. The number of carboxylic acids is 1. The molecule has 2 heterocycles. The van der Waals surface area contributed by atoms with E-state index < -0.39 is 17.2 Å². The van der Waals surface area contributed by atoms with E-state index in [9.17, 15) is 19.1 Å². The SMILES string of the molecule is CO/N=C1/CN(c2cc3c(cc2F)c(=O)c(C(=O)O)cn3C2CC2)CC1CN. The van der Waals surface area contributed by atoms with Gasteiger partial charge in [0.15, 0.2) is 0 Å². The van der Waals surface area contributed by atoms with Crippen molar-refractivity contribution in [3.63, 3.8) is 0 Å². The summed E-state index contributed by atoms with van der Waals surface area (Å²) in [5, 5.41) is 13.4. The third-order valence-corrected chi connectivity index (χ3v) is 5.37. The Hall–Kier alpha value is -2.94. The number of rotatable bonds is 5. The zero-order chi connectivity index (χ0) is 20.0. The first-order valence-corrected chi connectivity index (χ1v) is 9.11. The van der Waals surface area contributed by atoms with Gasteiger partial charge in [-0.2, -0.15) is 0 Å². The van der Waals surface area contributed by atoms with Crippen LogP contribution in [-0.2, 0) is 4.84 Å². The normalized spacial score (nSPS) is 20.9. The Morgan fingerprint density at radius 2 is 2.18 bits per heavy atom. The van der Waals surface area contributed by atoms with Crippen LogP contribution in [0.5, 0.6) is 0 Å². The smallest absolute Gasteiger partial charge is 0.341 e. The Labute approximate surface area is 160 Å². The van der Waals surface area contributed by atoms with E-state index in [-0.39, 0.29) is 22.9 Å². The molecule has 2 fully saturated rings. The minimum Gasteiger partial charge on any atom is -0.477 e. The zero-order valence-corrected chi connectivity index (χ0v) is 15.4. The minimum absolute atomic E-state index is 0.0462. The van der Waals surface area contributed by atoms with Gasteiger partial charge in [0.2, 0.25) is 5.43 Å². The fourth-order valence-corrected chi connectivity index (χ4v) is 3.78. The summed E-state index contributed by atoms with van der Waals surface area (Å²) in [6.45, 7) is 1.23. The average Bonchev–Trinajstić information content (AvgIpc) is 3.42. The van der Waals surface area contributed by atoms with Crippen LogP contribution in [0.2, 0.25) is 0 Å². The summed E-state index contributed by atoms with van der Waals surface area (Å²) < 4.78 is 16.7. The van der Waals surface area contributed by atoms with Crippen molar-refractivity contribution in [2.45, 2.75) is 18.9 Å². The summed E-state index contributed by atoms with van der Waals surface area (Å²) in [7, 11) is 1.45. The van der Waals surface area contributed by atoms with Crippen LogP contribution < -0.4 is 16.1 Å². The Morgan fingerprint density at radius 3 is 2.79 bits per heavy atom. The number of oxime groups is 1. The number of hydrogen-bond donors (Lipinski definition) is 2. The van der Waals surface area contributed by atoms with E-state index in [0.717, 1.165) is 24.6 Å². The number of carbonyl (C=O) groups is 1. The maximum Gasteiger partial charge on any atom is 0.341 e. The van der Waals surface area contributed by atoms with Crippen LogP contribution in [0.25, 0.3) is 10.9 Å². The van der Waals surface area contributed by atoms with Crippen molar-refractivity contribution >= 4 is 28.3 Å². The van der Waals surface area contributed by atoms with Crippen LogP contribution in [0.4, 0.5) is 10.1 Å². The van der Waals surface area contributed by atoms with Crippen molar-refractivity contribution in [2.75, 3.05) is 31.6 Å². The molecule has 2 aliphatic rings. The first kappa shape index (κ1) is 18.4. The molecule has 1 aromatic carbocycles. The summed E-state index contributed by atoms with van der Waals surface area (Å²) >= 11 is 0. The molecular weight excluding hydrogens is 367 g/mol. The average molecular weight is 388 g/mol. The summed E-state index contributed by atoms with van der Waals surface area (Å²) in [6, 6.07) is 2.89. The quantitative estimate of drug-likeness (QED) is 0.753. The Bertz CT molecular complexity index is 1040. The van der Waals surface area contributed by atoms with Crippen LogP contribution in [0.1, 0.15) is 29.2 Å². The van der Waals surface area contributed by atoms with Gasteiger partial charge < -0.3 is 25.1 Å². The number of hydrogen-bond acceptors (Lipinski definition) is 6. The fourth-order valence-electron chi connectivity index (χ4n) is 3.78. The van der Waals surface area contributed by atoms with Crippen LogP contribution >= 0.6 is 0 Å². The number of halogens is 1. The van der Waals surface area contributed by atoms with Crippen molar-refractivity contribution < 1.29 is 19.1 Å². The predicted molar refractivity (Wildman–Crippen MR) is 103 cm³/mol. The predicted octanol–water partition coefficient (Wildman–Crippen LogP) is 1.57. The molecule has 0 amide bonds. The molecule has 148 valence electrons. The van der Waals surface area contributed by atoms with Gasteiger partial charge in [-0.05, 0) is 25.0 Å². The first-order chi connectivity index (χ1) is 13.4. The molecule has 0 bridgehead atoms. The minimum atomic E-state index is -1.31. The number of carboxylic acid groups (broad SMARTS) is 1. The van der Waals surface area contributed by atoms with Gasteiger partial charge in [0.05, 0.1) is 23.5 Å². The molecule has 2 aromatic rings. The van der Waals surface area contributed by atoms with Crippen LogP contribution in [-0.4, -0.2) is 48.1 Å². The molecule has 28 heavy (non-hydrogen) atoms. The van der Waals surface area contributed by atoms with Crippen molar-refractivity contribution in [1.82, 2.24) is 4.57 Å². The number of aromatic nitrogens is 1. The molecule has 1 aromatic heterocycles. The van der Waals surface area contributed by atoms with Gasteiger partial charge in [0.25, 0.3) is 0 Å². The summed E-state index contributed by atoms with van der Waals surface area (Å²) in [4.78, 5) is 30.7. The molecule has 3 N–H and O–H groups in total. The van der Waals surface area contributed by atoms with E-state index in [2.05, 4.69) is 5.16 Å². The second kappa shape index (κ2) is 6.90. The highest BCUT2D eigenvalue weighted by Gasteiger charge is 2.32. The second-order valence-corrected chi connectivity index (χ2v) is 7.21.